The molecule has 0 aliphatic carbocycles. The molecular weight excluding hydrogens is 262 g/mol. The average molecular weight is 282 g/mol. The Morgan fingerprint density at radius 1 is 1.16 bits per heavy atom. The SMILES string of the molecule is COCC(CN)c1cccc2ccc(OC)cc12.Cl. The van der Waals surface area contributed by atoms with E-state index in [1.54, 1.807) is 14.2 Å². The second-order valence-corrected chi connectivity index (χ2v) is 4.32. The summed E-state index contributed by atoms with van der Waals surface area (Å²) in [5, 5.41) is 2.38. The van der Waals surface area contributed by atoms with Crippen molar-refractivity contribution in [1.29, 1.82) is 0 Å². The van der Waals surface area contributed by atoms with Crippen LogP contribution >= 0.6 is 12.4 Å². The number of rotatable bonds is 5. The molecule has 0 saturated carbocycles. The van der Waals surface area contributed by atoms with Gasteiger partial charge in [-0.3, -0.25) is 0 Å². The van der Waals surface area contributed by atoms with Crippen LogP contribution in [-0.2, 0) is 4.74 Å². The molecule has 19 heavy (non-hydrogen) atoms. The van der Waals surface area contributed by atoms with Gasteiger partial charge in [-0.1, -0.05) is 24.3 Å². The molecule has 0 bridgehead atoms. The van der Waals surface area contributed by atoms with Gasteiger partial charge in [-0.25, -0.2) is 0 Å². The predicted molar refractivity (Wildman–Crippen MR) is 81.4 cm³/mol. The molecule has 0 fully saturated rings. The second-order valence-electron chi connectivity index (χ2n) is 4.32. The summed E-state index contributed by atoms with van der Waals surface area (Å²) in [6.45, 7) is 1.21. The molecule has 3 nitrogen and oxygen atoms in total. The molecule has 0 aromatic heterocycles. The first-order valence-corrected chi connectivity index (χ1v) is 6.05. The van der Waals surface area contributed by atoms with Crippen molar-refractivity contribution in [3.05, 3.63) is 42.0 Å². The van der Waals surface area contributed by atoms with E-state index in [0.29, 0.717) is 13.2 Å². The molecule has 0 amide bonds. The summed E-state index contributed by atoms with van der Waals surface area (Å²) in [7, 11) is 3.38. The number of fused-ring (bicyclic) bond motifs is 1. The Balaban J connectivity index is 0.00000180. The van der Waals surface area contributed by atoms with E-state index in [2.05, 4.69) is 30.3 Å². The highest BCUT2D eigenvalue weighted by molar-refractivity contribution is 5.87. The van der Waals surface area contributed by atoms with Crippen LogP contribution in [0.5, 0.6) is 5.75 Å². The van der Waals surface area contributed by atoms with Crippen LogP contribution in [0.2, 0.25) is 0 Å². The highest BCUT2D eigenvalue weighted by Gasteiger charge is 2.13. The Morgan fingerprint density at radius 2 is 1.95 bits per heavy atom. The highest BCUT2D eigenvalue weighted by atomic mass is 35.5. The summed E-state index contributed by atoms with van der Waals surface area (Å²) in [4.78, 5) is 0. The van der Waals surface area contributed by atoms with Gasteiger partial charge in [0.15, 0.2) is 0 Å². The Kier molecular flexibility index (Phi) is 6.09. The number of methoxy groups -OCH3 is 2. The molecule has 4 heteroatoms. The standard InChI is InChI=1S/C15H19NO2.ClH/c1-17-10-12(9-16)14-5-3-4-11-6-7-13(18-2)8-15(11)14;/h3-8,12H,9-10,16H2,1-2H3;1H. The highest BCUT2D eigenvalue weighted by Crippen LogP contribution is 2.28. The van der Waals surface area contributed by atoms with Crippen molar-refractivity contribution in [2.75, 3.05) is 27.4 Å². The van der Waals surface area contributed by atoms with E-state index in [1.807, 2.05) is 6.07 Å². The normalized spacial score (nSPS) is 11.9. The molecule has 1 unspecified atom stereocenters. The molecule has 0 aliphatic heterocycles. The van der Waals surface area contributed by atoms with Gasteiger partial charge in [0.1, 0.15) is 5.75 Å². The van der Waals surface area contributed by atoms with Gasteiger partial charge in [0, 0.05) is 19.6 Å². The Bertz CT molecular complexity index is 531. The minimum atomic E-state index is 0. The van der Waals surface area contributed by atoms with Gasteiger partial charge in [0.05, 0.1) is 13.7 Å². The number of nitrogens with two attached hydrogens (primary N) is 1. The first-order chi connectivity index (χ1) is 8.80. The van der Waals surface area contributed by atoms with E-state index >= 15 is 0 Å². The molecule has 2 aromatic carbocycles. The van der Waals surface area contributed by atoms with Crippen LogP contribution in [0, 0.1) is 0 Å². The molecule has 1 atom stereocenters. The third-order valence-electron chi connectivity index (χ3n) is 3.22. The van der Waals surface area contributed by atoms with E-state index in [9.17, 15) is 0 Å². The number of benzene rings is 2. The quantitative estimate of drug-likeness (QED) is 0.916. The van der Waals surface area contributed by atoms with Crippen LogP contribution in [0.15, 0.2) is 36.4 Å². The predicted octanol–water partition coefficient (Wildman–Crippen LogP) is 2.96. The topological polar surface area (TPSA) is 44.5 Å². The second kappa shape index (κ2) is 7.34. The molecule has 0 saturated heterocycles. The van der Waals surface area contributed by atoms with E-state index in [1.165, 1.54) is 16.3 Å². The van der Waals surface area contributed by atoms with Crippen LogP contribution in [0.1, 0.15) is 11.5 Å². The molecule has 104 valence electrons. The summed E-state index contributed by atoms with van der Waals surface area (Å²) < 4.78 is 10.5. The van der Waals surface area contributed by atoms with Crippen molar-refractivity contribution >= 4 is 23.2 Å². The number of ether oxygens (including phenoxy) is 2. The minimum Gasteiger partial charge on any atom is -0.497 e. The van der Waals surface area contributed by atoms with Crippen LogP contribution in [0.25, 0.3) is 10.8 Å². The maximum Gasteiger partial charge on any atom is 0.119 e. The number of hydrogen-bond acceptors (Lipinski definition) is 3. The van der Waals surface area contributed by atoms with E-state index < -0.39 is 0 Å². The first-order valence-electron chi connectivity index (χ1n) is 6.05. The van der Waals surface area contributed by atoms with Gasteiger partial charge in [-0.15, -0.1) is 12.4 Å². The summed E-state index contributed by atoms with van der Waals surface area (Å²) in [5.74, 6) is 1.08. The minimum absolute atomic E-state index is 0. The lowest BCUT2D eigenvalue weighted by Crippen LogP contribution is -2.17. The lowest BCUT2D eigenvalue weighted by molar-refractivity contribution is 0.181. The van der Waals surface area contributed by atoms with Gasteiger partial charge in [-0.2, -0.15) is 0 Å². The third kappa shape index (κ3) is 3.38. The summed E-state index contributed by atoms with van der Waals surface area (Å²) in [5.41, 5.74) is 7.06. The van der Waals surface area contributed by atoms with Crippen molar-refractivity contribution in [2.24, 2.45) is 5.73 Å². The maximum absolute atomic E-state index is 5.84. The van der Waals surface area contributed by atoms with Gasteiger partial charge in [0.2, 0.25) is 0 Å². The van der Waals surface area contributed by atoms with Crippen molar-refractivity contribution in [3.63, 3.8) is 0 Å². The van der Waals surface area contributed by atoms with Crippen LogP contribution in [0.3, 0.4) is 0 Å². The molecule has 0 aliphatic rings. The Morgan fingerprint density at radius 3 is 2.58 bits per heavy atom. The smallest absolute Gasteiger partial charge is 0.119 e. The van der Waals surface area contributed by atoms with E-state index in [-0.39, 0.29) is 18.3 Å². The maximum atomic E-state index is 5.84. The van der Waals surface area contributed by atoms with Gasteiger partial charge >= 0.3 is 0 Å². The molecule has 2 aromatic rings. The molecule has 2 rings (SSSR count). The molecular formula is C15H20ClNO2. The van der Waals surface area contributed by atoms with E-state index in [0.717, 1.165) is 5.75 Å². The lowest BCUT2D eigenvalue weighted by Gasteiger charge is -2.17. The summed E-state index contributed by atoms with van der Waals surface area (Å²) >= 11 is 0. The third-order valence-corrected chi connectivity index (χ3v) is 3.22. The van der Waals surface area contributed by atoms with Gasteiger partial charge < -0.3 is 15.2 Å². The number of hydrogen-bond donors (Lipinski definition) is 1. The van der Waals surface area contributed by atoms with Gasteiger partial charge in [0.25, 0.3) is 0 Å². The monoisotopic (exact) mass is 281 g/mol. The van der Waals surface area contributed by atoms with E-state index in [4.69, 9.17) is 15.2 Å². The van der Waals surface area contributed by atoms with Crippen molar-refractivity contribution in [2.45, 2.75) is 5.92 Å². The van der Waals surface area contributed by atoms with Crippen molar-refractivity contribution in [1.82, 2.24) is 0 Å². The lowest BCUT2D eigenvalue weighted by atomic mass is 9.94. The zero-order valence-corrected chi connectivity index (χ0v) is 12.1. The zero-order chi connectivity index (χ0) is 13.0. The molecule has 2 N–H and O–H groups in total. The molecule has 0 heterocycles. The Hall–Kier alpha value is -1.29. The fourth-order valence-electron chi connectivity index (χ4n) is 2.24. The van der Waals surface area contributed by atoms with Crippen molar-refractivity contribution in [3.8, 4) is 5.75 Å². The van der Waals surface area contributed by atoms with Crippen LogP contribution in [-0.4, -0.2) is 27.4 Å². The van der Waals surface area contributed by atoms with Crippen molar-refractivity contribution < 1.29 is 9.47 Å². The number of halogens is 1. The molecule has 0 spiro atoms. The zero-order valence-electron chi connectivity index (χ0n) is 11.3. The molecule has 0 radical (unpaired) electrons. The average Bonchev–Trinajstić information content (AvgIpc) is 2.43. The van der Waals surface area contributed by atoms with Crippen LogP contribution in [0.4, 0.5) is 0 Å². The summed E-state index contributed by atoms with van der Waals surface area (Å²) in [6, 6.07) is 12.4. The fraction of sp³-hybridized carbons (Fsp3) is 0.333. The van der Waals surface area contributed by atoms with Gasteiger partial charge in [-0.05, 0) is 28.5 Å². The summed E-state index contributed by atoms with van der Waals surface area (Å²) in [6.07, 6.45) is 0. The largest absolute Gasteiger partial charge is 0.497 e. The van der Waals surface area contributed by atoms with Crippen LogP contribution < -0.4 is 10.5 Å². The Labute approximate surface area is 120 Å². The first kappa shape index (κ1) is 15.8. The fourth-order valence-corrected chi connectivity index (χ4v) is 2.24.